The van der Waals surface area contributed by atoms with Crippen LogP contribution in [0.3, 0.4) is 0 Å². The van der Waals surface area contributed by atoms with Crippen molar-refractivity contribution in [2.24, 2.45) is 5.73 Å². The summed E-state index contributed by atoms with van der Waals surface area (Å²) >= 11 is 0. The summed E-state index contributed by atoms with van der Waals surface area (Å²) in [5.74, 6) is -1.24. The second-order valence-corrected chi connectivity index (χ2v) is 4.83. The molecule has 2 heterocycles. The number of pyridine rings is 1. The van der Waals surface area contributed by atoms with Crippen molar-refractivity contribution in [1.29, 1.82) is 0 Å². The molecule has 2 aromatic heterocycles. The summed E-state index contributed by atoms with van der Waals surface area (Å²) in [4.78, 5) is 28.1. The third-order valence-electron chi connectivity index (χ3n) is 3.13. The van der Waals surface area contributed by atoms with Gasteiger partial charge in [-0.05, 0) is 24.3 Å². The minimum absolute atomic E-state index is 0.0246. The van der Waals surface area contributed by atoms with E-state index in [4.69, 9.17) is 10.5 Å². The molecule has 0 aliphatic carbocycles. The van der Waals surface area contributed by atoms with Gasteiger partial charge >= 0.3 is 5.97 Å². The first-order valence-corrected chi connectivity index (χ1v) is 7.03. The van der Waals surface area contributed by atoms with Crippen molar-refractivity contribution in [3.63, 3.8) is 0 Å². The predicted molar refractivity (Wildman–Crippen MR) is 83.2 cm³/mol. The number of amides is 1. The van der Waals surface area contributed by atoms with E-state index < -0.39 is 11.9 Å². The van der Waals surface area contributed by atoms with Gasteiger partial charge in [0.1, 0.15) is 18.0 Å². The molecule has 0 fully saturated rings. The second kappa shape index (κ2) is 6.69. The highest BCUT2D eigenvalue weighted by Crippen LogP contribution is 2.07. The maximum Gasteiger partial charge on any atom is 0.340 e. The van der Waals surface area contributed by atoms with E-state index in [1.165, 1.54) is 29.3 Å². The zero-order valence-corrected chi connectivity index (χ0v) is 12.5. The Morgan fingerprint density at radius 1 is 1.08 bits per heavy atom. The van der Waals surface area contributed by atoms with Crippen LogP contribution in [0.2, 0.25) is 0 Å². The third kappa shape index (κ3) is 3.43. The van der Waals surface area contributed by atoms with Crippen LogP contribution >= 0.6 is 0 Å². The highest BCUT2D eigenvalue weighted by Gasteiger charge is 2.11. The van der Waals surface area contributed by atoms with Crippen molar-refractivity contribution < 1.29 is 14.3 Å². The average Bonchev–Trinajstić information content (AvgIpc) is 3.09. The number of rotatable bonds is 5. The Bertz CT molecular complexity index is 859. The largest absolute Gasteiger partial charge is 0.455 e. The molecule has 0 unspecified atom stereocenters. The summed E-state index contributed by atoms with van der Waals surface area (Å²) in [7, 11) is 0. The van der Waals surface area contributed by atoms with Gasteiger partial charge in [-0.15, -0.1) is 5.10 Å². The maximum atomic E-state index is 11.9. The van der Waals surface area contributed by atoms with E-state index in [9.17, 15) is 9.59 Å². The van der Waals surface area contributed by atoms with Crippen LogP contribution in [0.15, 0.2) is 54.9 Å². The molecule has 2 N–H and O–H groups in total. The number of carbonyl (C=O) groups excluding carboxylic acids is 2. The number of primary amides is 1. The molecule has 0 bridgehead atoms. The lowest BCUT2D eigenvalue weighted by Gasteiger charge is -2.03. The fourth-order valence-electron chi connectivity index (χ4n) is 1.93. The Balaban J connectivity index is 1.62. The molecule has 120 valence electrons. The van der Waals surface area contributed by atoms with Crippen LogP contribution in [0.25, 0.3) is 5.69 Å². The minimum Gasteiger partial charge on any atom is -0.455 e. The van der Waals surface area contributed by atoms with E-state index in [1.807, 2.05) is 30.3 Å². The van der Waals surface area contributed by atoms with E-state index in [0.717, 1.165) is 5.69 Å². The molecular weight excluding hydrogens is 310 g/mol. The Morgan fingerprint density at radius 2 is 1.88 bits per heavy atom. The van der Waals surface area contributed by atoms with Crippen LogP contribution in [-0.2, 0) is 11.3 Å². The van der Waals surface area contributed by atoms with E-state index in [1.54, 1.807) is 0 Å². The van der Waals surface area contributed by atoms with E-state index in [0.29, 0.717) is 5.69 Å². The lowest BCUT2D eigenvalue weighted by Crippen LogP contribution is -2.14. The Kier molecular flexibility index (Phi) is 4.28. The van der Waals surface area contributed by atoms with Crippen LogP contribution in [0.1, 0.15) is 26.5 Å². The zero-order chi connectivity index (χ0) is 16.9. The summed E-state index contributed by atoms with van der Waals surface area (Å²) in [6, 6.07) is 12.2. The summed E-state index contributed by atoms with van der Waals surface area (Å²) in [6.45, 7) is -0.0246. The normalized spacial score (nSPS) is 10.3. The van der Waals surface area contributed by atoms with E-state index >= 15 is 0 Å². The third-order valence-corrected chi connectivity index (χ3v) is 3.13. The summed E-state index contributed by atoms with van der Waals surface area (Å²) in [5.41, 5.74) is 6.70. The van der Waals surface area contributed by atoms with E-state index in [-0.39, 0.29) is 17.9 Å². The van der Waals surface area contributed by atoms with Crippen LogP contribution < -0.4 is 5.73 Å². The van der Waals surface area contributed by atoms with Gasteiger partial charge in [0.2, 0.25) is 0 Å². The topological polar surface area (TPSA) is 113 Å². The number of para-hydroxylation sites is 1. The number of aromatic nitrogens is 4. The van der Waals surface area contributed by atoms with Gasteiger partial charge in [-0.3, -0.25) is 9.78 Å². The number of hydrogen-bond donors (Lipinski definition) is 1. The summed E-state index contributed by atoms with van der Waals surface area (Å²) < 4.78 is 5.15. The Hall–Kier alpha value is -3.55. The molecular formula is C16H13N5O3. The van der Waals surface area contributed by atoms with Crippen LogP contribution in [0.4, 0.5) is 0 Å². The van der Waals surface area contributed by atoms with Crippen molar-refractivity contribution >= 4 is 11.9 Å². The van der Waals surface area contributed by atoms with Crippen molar-refractivity contribution in [2.75, 3.05) is 0 Å². The number of ether oxygens (including phenoxy) is 1. The molecule has 0 spiro atoms. The van der Waals surface area contributed by atoms with Gasteiger partial charge in [-0.1, -0.05) is 18.2 Å². The number of nitrogens with zero attached hydrogens (tertiary/aromatic N) is 4. The molecule has 8 heteroatoms. The molecule has 0 aliphatic rings. The van der Waals surface area contributed by atoms with Crippen LogP contribution in [-0.4, -0.2) is 31.9 Å². The molecule has 3 aromatic rings. The van der Waals surface area contributed by atoms with Gasteiger partial charge < -0.3 is 10.5 Å². The predicted octanol–water partition coefficient (Wildman–Crippen LogP) is 1.12. The van der Waals surface area contributed by atoms with Gasteiger partial charge in [0.05, 0.1) is 17.4 Å². The number of benzene rings is 1. The molecule has 0 atom stereocenters. The quantitative estimate of drug-likeness (QED) is 0.704. The van der Waals surface area contributed by atoms with Crippen molar-refractivity contribution in [3.05, 3.63) is 71.8 Å². The molecule has 0 aliphatic heterocycles. The summed E-state index contributed by atoms with van der Waals surface area (Å²) in [5, 5.41) is 8.35. The fourth-order valence-corrected chi connectivity index (χ4v) is 1.93. The molecule has 3 rings (SSSR count). The van der Waals surface area contributed by atoms with E-state index in [2.05, 4.69) is 15.2 Å². The minimum atomic E-state index is -0.660. The number of esters is 1. The summed E-state index contributed by atoms with van der Waals surface area (Å²) in [6.07, 6.45) is 2.76. The zero-order valence-electron chi connectivity index (χ0n) is 12.5. The highest BCUT2D eigenvalue weighted by atomic mass is 16.5. The maximum absolute atomic E-state index is 11.9. The standard InChI is InChI=1S/C16H13N5O3/c17-15(22)14-7-6-11(8-18-14)16(23)24-10-12-9-19-21(20-12)13-4-2-1-3-5-13/h1-9H,10H2,(H2,17,22). The SMILES string of the molecule is NC(=O)c1ccc(C(=O)OCc2cnn(-c3ccccc3)n2)cn1. The van der Waals surface area contributed by atoms with Gasteiger partial charge in [0.25, 0.3) is 5.91 Å². The lowest BCUT2D eigenvalue weighted by molar-refractivity contribution is 0.0466. The first-order valence-electron chi connectivity index (χ1n) is 7.03. The monoisotopic (exact) mass is 323 g/mol. The number of nitrogens with two attached hydrogens (primary N) is 1. The molecule has 8 nitrogen and oxygen atoms in total. The van der Waals surface area contributed by atoms with Gasteiger partial charge in [-0.2, -0.15) is 9.90 Å². The van der Waals surface area contributed by atoms with Crippen molar-refractivity contribution in [2.45, 2.75) is 6.61 Å². The fraction of sp³-hybridized carbons (Fsp3) is 0.0625. The Labute approximate surface area is 136 Å². The van der Waals surface area contributed by atoms with Gasteiger partial charge in [0.15, 0.2) is 0 Å². The van der Waals surface area contributed by atoms with Crippen LogP contribution in [0.5, 0.6) is 0 Å². The second-order valence-electron chi connectivity index (χ2n) is 4.83. The molecule has 0 radical (unpaired) electrons. The Morgan fingerprint density at radius 3 is 2.54 bits per heavy atom. The molecule has 1 aromatic carbocycles. The first-order chi connectivity index (χ1) is 11.6. The van der Waals surface area contributed by atoms with Gasteiger partial charge in [0, 0.05) is 6.20 Å². The molecule has 1 amide bonds. The van der Waals surface area contributed by atoms with Crippen molar-refractivity contribution in [3.8, 4) is 5.69 Å². The number of hydrogen-bond acceptors (Lipinski definition) is 6. The van der Waals surface area contributed by atoms with Crippen molar-refractivity contribution in [1.82, 2.24) is 20.0 Å². The van der Waals surface area contributed by atoms with Crippen LogP contribution in [0, 0.1) is 0 Å². The lowest BCUT2D eigenvalue weighted by atomic mass is 10.2. The number of carbonyl (C=O) groups is 2. The molecule has 0 saturated heterocycles. The highest BCUT2D eigenvalue weighted by molar-refractivity contribution is 5.93. The van der Waals surface area contributed by atoms with Gasteiger partial charge in [-0.25, -0.2) is 4.79 Å². The smallest absolute Gasteiger partial charge is 0.340 e. The molecule has 0 saturated carbocycles. The first kappa shape index (κ1) is 15.3. The molecule has 24 heavy (non-hydrogen) atoms. The average molecular weight is 323 g/mol.